The van der Waals surface area contributed by atoms with Gasteiger partial charge >= 0.3 is 59.5 Å². The molecule has 1 aromatic carbocycles. The average Bonchev–Trinajstić information content (AvgIpc) is 3.27. The van der Waals surface area contributed by atoms with Crippen LogP contribution >= 0.6 is 24.8 Å². The van der Waals surface area contributed by atoms with E-state index in [0.29, 0.717) is 5.92 Å². The molecular formula is C36H49Cl2Zr-. The average molecular weight is 644 g/mol. The standard InChI is InChI=1S/C30H37.C6H10.2ClH.Zr/c1-18-19(2)21(4)27(20(18)3)30(29(8,9)10)14-13-26-23(17-30)15-22-16-24(28(5,6)7)11-12-25(22)26;1-2-4-6-5-3-1;;;/h11-16,20H,1-10H3;1-5H2;2*1H;/q-1;;;;. The summed E-state index contributed by atoms with van der Waals surface area (Å²) in [5.74, 6) is 0.458. The second-order valence-electron chi connectivity index (χ2n) is 13.8. The van der Waals surface area contributed by atoms with E-state index in [1.807, 2.05) is 0 Å². The number of halogens is 2. The molecule has 0 aliphatic heterocycles. The zero-order valence-electron chi connectivity index (χ0n) is 25.9. The number of benzene rings is 1. The van der Waals surface area contributed by atoms with Crippen LogP contribution in [0, 0.1) is 22.8 Å². The van der Waals surface area contributed by atoms with Crippen LogP contribution in [0.15, 0.2) is 58.2 Å². The summed E-state index contributed by atoms with van der Waals surface area (Å²) in [7, 11) is 0. The van der Waals surface area contributed by atoms with Crippen molar-refractivity contribution in [2.45, 2.75) is 107 Å². The first-order chi connectivity index (χ1) is 17.2. The van der Waals surface area contributed by atoms with E-state index in [4.69, 9.17) is 0 Å². The fourth-order valence-corrected chi connectivity index (χ4v) is 7.36. The quantitative estimate of drug-likeness (QED) is 0.268. The van der Waals surface area contributed by atoms with Crippen molar-refractivity contribution in [1.29, 1.82) is 0 Å². The molecule has 0 saturated heterocycles. The Bertz CT molecular complexity index is 1360. The van der Waals surface area contributed by atoms with Crippen molar-refractivity contribution in [1.82, 2.24) is 0 Å². The van der Waals surface area contributed by atoms with E-state index < -0.39 is 0 Å². The van der Waals surface area contributed by atoms with Crippen LogP contribution in [0.5, 0.6) is 0 Å². The number of rotatable bonds is 1. The summed E-state index contributed by atoms with van der Waals surface area (Å²) >= 11 is 1.69. The molecule has 2 unspecified atom stereocenters. The van der Waals surface area contributed by atoms with Gasteiger partial charge in [0.25, 0.3) is 0 Å². The van der Waals surface area contributed by atoms with Gasteiger partial charge in [-0.3, -0.25) is 0 Å². The molecule has 2 atom stereocenters. The van der Waals surface area contributed by atoms with Crippen molar-refractivity contribution in [3.63, 3.8) is 0 Å². The minimum atomic E-state index is -0.195. The van der Waals surface area contributed by atoms with Gasteiger partial charge in [0.1, 0.15) is 0 Å². The van der Waals surface area contributed by atoms with Gasteiger partial charge in [0.05, 0.1) is 0 Å². The maximum atomic E-state index is 4.07. The third kappa shape index (κ3) is 6.52. The zero-order chi connectivity index (χ0) is 27.3. The van der Waals surface area contributed by atoms with Gasteiger partial charge in [-0.05, 0) is 59.6 Å². The molecule has 1 saturated carbocycles. The predicted octanol–water partition coefficient (Wildman–Crippen LogP) is 9.08. The Morgan fingerprint density at radius 1 is 0.897 bits per heavy atom. The molecule has 3 heteroatoms. The van der Waals surface area contributed by atoms with E-state index >= 15 is 0 Å². The first-order valence-electron chi connectivity index (χ1n) is 14.3. The first kappa shape index (κ1) is 34.5. The summed E-state index contributed by atoms with van der Waals surface area (Å²) in [6.07, 6.45) is 18.6. The Morgan fingerprint density at radius 2 is 1.51 bits per heavy atom. The molecule has 5 rings (SSSR count). The molecule has 0 radical (unpaired) electrons. The van der Waals surface area contributed by atoms with Crippen molar-refractivity contribution in [2.24, 2.45) is 16.7 Å². The molecule has 0 amide bonds. The Balaban J connectivity index is 0.000000518. The Kier molecular flexibility index (Phi) is 11.2. The molecule has 0 spiro atoms. The summed E-state index contributed by atoms with van der Waals surface area (Å²) in [6.45, 7) is 23.2. The second kappa shape index (κ2) is 12.6. The zero-order valence-corrected chi connectivity index (χ0v) is 30.0. The van der Waals surface area contributed by atoms with Gasteiger partial charge < -0.3 is 0 Å². The van der Waals surface area contributed by atoms with Crippen LogP contribution in [0.1, 0.15) is 107 Å². The molecule has 0 nitrogen and oxygen atoms in total. The summed E-state index contributed by atoms with van der Waals surface area (Å²) < 4.78 is 1.80. The summed E-state index contributed by atoms with van der Waals surface area (Å²) in [5.41, 5.74) is 9.96. The Morgan fingerprint density at radius 3 is 1.97 bits per heavy atom. The molecule has 1 fully saturated rings. The van der Waals surface area contributed by atoms with Gasteiger partial charge in [-0.1, -0.05) is 94.3 Å². The van der Waals surface area contributed by atoms with E-state index in [9.17, 15) is 0 Å². The summed E-state index contributed by atoms with van der Waals surface area (Å²) in [5, 5.41) is 2.69. The van der Waals surface area contributed by atoms with Crippen LogP contribution in [-0.4, -0.2) is 3.21 Å². The molecular weight excluding hydrogens is 595 g/mol. The molecule has 4 aliphatic rings. The molecule has 0 aromatic heterocycles. The van der Waals surface area contributed by atoms with E-state index in [2.05, 4.69) is 112 Å². The molecule has 4 aliphatic carbocycles. The predicted molar refractivity (Wildman–Crippen MR) is 173 cm³/mol. The Labute approximate surface area is 266 Å². The van der Waals surface area contributed by atoms with Gasteiger partial charge in [0.15, 0.2) is 0 Å². The van der Waals surface area contributed by atoms with Crippen molar-refractivity contribution in [2.75, 3.05) is 0 Å². The molecule has 0 heterocycles. The van der Waals surface area contributed by atoms with E-state index in [-0.39, 0.29) is 41.1 Å². The topological polar surface area (TPSA) is 0 Å². The third-order valence-electron chi connectivity index (χ3n) is 9.34. The Hall–Kier alpha value is -0.747. The van der Waals surface area contributed by atoms with Gasteiger partial charge in [-0.25, -0.2) is 0 Å². The second-order valence-corrected chi connectivity index (χ2v) is 15.5. The van der Waals surface area contributed by atoms with Crippen LogP contribution in [0.2, 0.25) is 0 Å². The normalized spacial score (nSPS) is 24.1. The molecule has 0 bridgehead atoms. The van der Waals surface area contributed by atoms with E-state index in [0.717, 1.165) is 0 Å². The van der Waals surface area contributed by atoms with Crippen LogP contribution in [0.3, 0.4) is 0 Å². The number of hydrogen-bond donors (Lipinski definition) is 0. The molecule has 0 N–H and O–H groups in total. The fraction of sp³-hybridized carbons (Fsp3) is 0.528. The van der Waals surface area contributed by atoms with Crippen LogP contribution in [-0.2, 0) is 29.7 Å². The fourth-order valence-electron chi connectivity index (χ4n) is 6.50. The SMILES string of the molecule is CC1=C(C)C(C)C(C2(C(C)(C)C)[C-]=C3C=c4cc(C(C)(C)C)ccc4=C3C=C2)=C1C.Cl.Cl.[Zr]=[C]1CCCCC1. The van der Waals surface area contributed by atoms with Gasteiger partial charge in [-0.2, -0.15) is 17.7 Å². The first-order valence-corrected chi connectivity index (χ1v) is 15.6. The van der Waals surface area contributed by atoms with Crippen LogP contribution in [0.4, 0.5) is 0 Å². The molecule has 1 aromatic rings. The monoisotopic (exact) mass is 641 g/mol. The summed E-state index contributed by atoms with van der Waals surface area (Å²) in [4.78, 5) is 0. The van der Waals surface area contributed by atoms with Gasteiger partial charge in [0.2, 0.25) is 0 Å². The van der Waals surface area contributed by atoms with Crippen molar-refractivity contribution in [3.05, 3.63) is 80.3 Å². The molecule has 212 valence electrons. The number of hydrogen-bond acceptors (Lipinski definition) is 0. The van der Waals surface area contributed by atoms with Crippen molar-refractivity contribution >= 4 is 39.7 Å². The minimum absolute atomic E-state index is 0. The summed E-state index contributed by atoms with van der Waals surface area (Å²) in [6, 6.07) is 6.98. The van der Waals surface area contributed by atoms with E-state index in [1.54, 1.807) is 27.4 Å². The maximum absolute atomic E-state index is 4.07. The van der Waals surface area contributed by atoms with Gasteiger partial charge in [0, 0.05) is 0 Å². The van der Waals surface area contributed by atoms with Crippen LogP contribution < -0.4 is 10.4 Å². The molecule has 39 heavy (non-hydrogen) atoms. The van der Waals surface area contributed by atoms with Crippen molar-refractivity contribution < 1.29 is 24.2 Å². The van der Waals surface area contributed by atoms with Crippen molar-refractivity contribution in [3.8, 4) is 0 Å². The van der Waals surface area contributed by atoms with Crippen LogP contribution in [0.25, 0.3) is 11.6 Å². The third-order valence-corrected chi connectivity index (χ3v) is 10.6. The van der Waals surface area contributed by atoms with E-state index in [1.165, 1.54) is 81.5 Å². The number of fused-ring (bicyclic) bond motifs is 2. The van der Waals surface area contributed by atoms with Gasteiger partial charge in [-0.15, -0.1) is 36.5 Å². The number of allylic oxidation sites excluding steroid dienone is 8.